The highest BCUT2D eigenvalue weighted by atomic mass is 15.2. The van der Waals surface area contributed by atoms with Gasteiger partial charge in [0.15, 0.2) is 0 Å². The van der Waals surface area contributed by atoms with Gasteiger partial charge in [-0.05, 0) is 46.2 Å². The number of piperidine rings is 1. The van der Waals surface area contributed by atoms with E-state index in [0.29, 0.717) is 12.1 Å². The summed E-state index contributed by atoms with van der Waals surface area (Å²) in [5, 5.41) is 3.61. The Morgan fingerprint density at radius 2 is 2.07 bits per heavy atom. The lowest BCUT2D eigenvalue weighted by molar-refractivity contribution is 0.0899. The number of nitrogens with one attached hydrogen (secondary N) is 1. The van der Waals surface area contributed by atoms with Crippen LogP contribution < -0.4 is 5.32 Å². The minimum atomic E-state index is 0.663. The summed E-state index contributed by atoms with van der Waals surface area (Å²) in [4.78, 5) is 2.69. The molecule has 2 nitrogen and oxygen atoms in total. The molecule has 3 atom stereocenters. The van der Waals surface area contributed by atoms with E-state index >= 15 is 0 Å². The summed E-state index contributed by atoms with van der Waals surface area (Å²) in [6.45, 7) is 11.6. The fourth-order valence-corrected chi connectivity index (χ4v) is 2.87. The third-order valence-electron chi connectivity index (χ3n) is 3.87. The zero-order valence-corrected chi connectivity index (χ0v) is 10.9. The van der Waals surface area contributed by atoms with Gasteiger partial charge in [-0.25, -0.2) is 0 Å². The van der Waals surface area contributed by atoms with Gasteiger partial charge in [-0.15, -0.1) is 0 Å². The number of hydrogen-bond acceptors (Lipinski definition) is 2. The summed E-state index contributed by atoms with van der Waals surface area (Å²) in [5.74, 6) is 0. The van der Waals surface area contributed by atoms with Crippen molar-refractivity contribution in [2.75, 3.05) is 13.1 Å². The predicted octanol–water partition coefficient (Wildman–Crippen LogP) is 2.64. The van der Waals surface area contributed by atoms with Crippen LogP contribution in [-0.4, -0.2) is 36.1 Å². The molecule has 1 fully saturated rings. The molecule has 1 heterocycles. The molecule has 0 spiro atoms. The molecule has 1 aliphatic heterocycles. The summed E-state index contributed by atoms with van der Waals surface area (Å²) in [6.07, 6.45) is 5.42. The van der Waals surface area contributed by atoms with Crippen molar-refractivity contribution in [3.8, 4) is 0 Å². The highest BCUT2D eigenvalue weighted by Gasteiger charge is 2.27. The molecule has 90 valence electrons. The van der Waals surface area contributed by atoms with Gasteiger partial charge in [0.1, 0.15) is 0 Å². The summed E-state index contributed by atoms with van der Waals surface area (Å²) in [5.41, 5.74) is 0. The molecule has 1 rings (SSSR count). The Hall–Kier alpha value is -0.0800. The number of likely N-dealkylation sites (N-methyl/N-ethyl adjacent to an activating group) is 1. The van der Waals surface area contributed by atoms with Crippen LogP contribution in [-0.2, 0) is 0 Å². The number of rotatable bonds is 5. The second-order valence-corrected chi connectivity index (χ2v) is 4.90. The number of hydrogen-bond donors (Lipinski definition) is 1. The van der Waals surface area contributed by atoms with Gasteiger partial charge < -0.3 is 5.32 Å². The average molecular weight is 212 g/mol. The predicted molar refractivity (Wildman–Crippen MR) is 67.2 cm³/mol. The zero-order valence-electron chi connectivity index (χ0n) is 10.9. The monoisotopic (exact) mass is 212 g/mol. The smallest absolute Gasteiger partial charge is 0.0223 e. The van der Waals surface area contributed by atoms with Crippen LogP contribution in [0.4, 0.5) is 0 Å². The van der Waals surface area contributed by atoms with Crippen molar-refractivity contribution in [3.05, 3.63) is 0 Å². The van der Waals surface area contributed by atoms with Crippen LogP contribution in [0.15, 0.2) is 0 Å². The maximum absolute atomic E-state index is 3.61. The van der Waals surface area contributed by atoms with Crippen molar-refractivity contribution in [3.63, 3.8) is 0 Å². The Morgan fingerprint density at radius 1 is 1.33 bits per heavy atom. The maximum atomic E-state index is 3.61. The zero-order chi connectivity index (χ0) is 11.3. The third-order valence-corrected chi connectivity index (χ3v) is 3.87. The molecule has 2 heteroatoms. The van der Waals surface area contributed by atoms with E-state index in [1.54, 1.807) is 0 Å². The van der Waals surface area contributed by atoms with Crippen LogP contribution >= 0.6 is 0 Å². The Bertz CT molecular complexity index is 170. The molecule has 0 aromatic heterocycles. The van der Waals surface area contributed by atoms with Crippen molar-refractivity contribution >= 4 is 0 Å². The van der Waals surface area contributed by atoms with E-state index in [9.17, 15) is 0 Å². The first kappa shape index (κ1) is 13.0. The van der Waals surface area contributed by atoms with Gasteiger partial charge in [0, 0.05) is 18.1 Å². The molecule has 0 amide bonds. The summed E-state index contributed by atoms with van der Waals surface area (Å²) in [7, 11) is 0. The lowest BCUT2D eigenvalue weighted by Gasteiger charge is -2.41. The van der Waals surface area contributed by atoms with Crippen LogP contribution in [0, 0.1) is 0 Å². The highest BCUT2D eigenvalue weighted by Crippen LogP contribution is 2.21. The van der Waals surface area contributed by atoms with Crippen LogP contribution in [0.3, 0.4) is 0 Å². The van der Waals surface area contributed by atoms with Crippen LogP contribution in [0.25, 0.3) is 0 Å². The molecule has 0 bridgehead atoms. The van der Waals surface area contributed by atoms with Crippen molar-refractivity contribution in [2.45, 2.75) is 71.5 Å². The van der Waals surface area contributed by atoms with Crippen LogP contribution in [0.1, 0.15) is 53.4 Å². The van der Waals surface area contributed by atoms with Gasteiger partial charge in [0.2, 0.25) is 0 Å². The fourth-order valence-electron chi connectivity index (χ4n) is 2.87. The van der Waals surface area contributed by atoms with E-state index < -0.39 is 0 Å². The number of likely N-dealkylation sites (tertiary alicyclic amines) is 1. The molecule has 0 aromatic carbocycles. The van der Waals surface area contributed by atoms with Crippen LogP contribution in [0.2, 0.25) is 0 Å². The Labute approximate surface area is 95.4 Å². The maximum Gasteiger partial charge on any atom is 0.0223 e. The SMILES string of the molecule is CCNC(CC)C(C)N1CCCCC1C. The van der Waals surface area contributed by atoms with Gasteiger partial charge in [0.25, 0.3) is 0 Å². The molecule has 0 aromatic rings. The first-order chi connectivity index (χ1) is 7.20. The van der Waals surface area contributed by atoms with Gasteiger partial charge in [-0.3, -0.25) is 4.90 Å². The average Bonchev–Trinajstić information content (AvgIpc) is 2.25. The van der Waals surface area contributed by atoms with E-state index in [2.05, 4.69) is 37.9 Å². The standard InChI is InChI=1S/C13H28N2/c1-5-13(14-6-2)12(4)15-10-8-7-9-11(15)3/h11-14H,5-10H2,1-4H3. The topological polar surface area (TPSA) is 15.3 Å². The molecule has 0 aliphatic carbocycles. The van der Waals surface area contributed by atoms with Crippen molar-refractivity contribution in [1.29, 1.82) is 0 Å². The summed E-state index contributed by atoms with van der Waals surface area (Å²) < 4.78 is 0. The quantitative estimate of drug-likeness (QED) is 0.753. The van der Waals surface area contributed by atoms with Gasteiger partial charge in [-0.2, -0.15) is 0 Å². The minimum absolute atomic E-state index is 0.663. The molecule has 1 saturated heterocycles. The Balaban J connectivity index is 2.51. The van der Waals surface area contributed by atoms with Gasteiger partial charge >= 0.3 is 0 Å². The first-order valence-electron chi connectivity index (χ1n) is 6.69. The molecule has 0 radical (unpaired) electrons. The van der Waals surface area contributed by atoms with Gasteiger partial charge in [0.05, 0.1) is 0 Å². The van der Waals surface area contributed by atoms with Gasteiger partial charge in [-0.1, -0.05) is 20.3 Å². The molecule has 3 unspecified atom stereocenters. The molecule has 15 heavy (non-hydrogen) atoms. The van der Waals surface area contributed by atoms with Crippen molar-refractivity contribution in [2.24, 2.45) is 0 Å². The molecule has 1 aliphatic rings. The first-order valence-corrected chi connectivity index (χ1v) is 6.69. The van der Waals surface area contributed by atoms with E-state index in [1.165, 1.54) is 32.2 Å². The summed E-state index contributed by atoms with van der Waals surface area (Å²) >= 11 is 0. The third kappa shape index (κ3) is 3.46. The molecular weight excluding hydrogens is 184 g/mol. The summed E-state index contributed by atoms with van der Waals surface area (Å²) in [6, 6.07) is 2.13. The second-order valence-electron chi connectivity index (χ2n) is 4.90. The highest BCUT2D eigenvalue weighted by molar-refractivity contribution is 4.85. The van der Waals surface area contributed by atoms with E-state index in [-0.39, 0.29) is 0 Å². The van der Waals surface area contributed by atoms with Crippen molar-refractivity contribution in [1.82, 2.24) is 10.2 Å². The lowest BCUT2D eigenvalue weighted by Crippen LogP contribution is -2.52. The number of nitrogens with zero attached hydrogens (tertiary/aromatic N) is 1. The second kappa shape index (κ2) is 6.49. The van der Waals surface area contributed by atoms with E-state index in [1.807, 2.05) is 0 Å². The van der Waals surface area contributed by atoms with Crippen molar-refractivity contribution < 1.29 is 0 Å². The Kier molecular flexibility index (Phi) is 5.62. The van der Waals surface area contributed by atoms with E-state index in [0.717, 1.165) is 12.6 Å². The lowest BCUT2D eigenvalue weighted by atomic mass is 9.97. The van der Waals surface area contributed by atoms with Crippen LogP contribution in [0.5, 0.6) is 0 Å². The largest absolute Gasteiger partial charge is 0.313 e. The molecule has 1 N–H and O–H groups in total. The minimum Gasteiger partial charge on any atom is -0.313 e. The molecule has 0 saturated carbocycles. The van der Waals surface area contributed by atoms with E-state index in [4.69, 9.17) is 0 Å². The fraction of sp³-hybridized carbons (Fsp3) is 1.00. The normalized spacial score (nSPS) is 27.6. The Morgan fingerprint density at radius 3 is 2.60 bits per heavy atom. The molecular formula is C13H28N2.